The van der Waals surface area contributed by atoms with Crippen molar-refractivity contribution >= 4 is 17.5 Å². The van der Waals surface area contributed by atoms with E-state index in [0.29, 0.717) is 42.7 Å². The fourth-order valence-corrected chi connectivity index (χ4v) is 3.39. The number of amides is 1. The SMILES string of the molecule is COCCN(Cc1ccccc1)C(=O)c1c(C)nn(Cc2ccccc2)c1Cl. The number of hydrogen-bond acceptors (Lipinski definition) is 3. The van der Waals surface area contributed by atoms with Crippen LogP contribution in [0.25, 0.3) is 0 Å². The predicted molar refractivity (Wildman–Crippen MR) is 111 cm³/mol. The molecule has 0 fully saturated rings. The highest BCUT2D eigenvalue weighted by molar-refractivity contribution is 6.33. The molecule has 28 heavy (non-hydrogen) atoms. The molecular weight excluding hydrogens is 374 g/mol. The molecule has 0 aliphatic rings. The summed E-state index contributed by atoms with van der Waals surface area (Å²) in [5.74, 6) is -0.136. The molecule has 6 heteroatoms. The third kappa shape index (κ3) is 4.80. The summed E-state index contributed by atoms with van der Waals surface area (Å²) in [5, 5.41) is 4.87. The Balaban J connectivity index is 1.85. The van der Waals surface area contributed by atoms with Crippen molar-refractivity contribution in [2.75, 3.05) is 20.3 Å². The summed E-state index contributed by atoms with van der Waals surface area (Å²) in [7, 11) is 1.63. The number of halogens is 1. The van der Waals surface area contributed by atoms with E-state index in [2.05, 4.69) is 5.10 Å². The minimum absolute atomic E-state index is 0.136. The summed E-state index contributed by atoms with van der Waals surface area (Å²) in [6, 6.07) is 19.8. The number of methoxy groups -OCH3 is 1. The molecular formula is C22H24ClN3O2. The quantitative estimate of drug-likeness (QED) is 0.572. The molecule has 0 N–H and O–H groups in total. The molecule has 0 spiro atoms. The Kier molecular flexibility index (Phi) is 6.85. The van der Waals surface area contributed by atoms with Gasteiger partial charge in [0, 0.05) is 20.2 Å². The third-order valence-corrected chi connectivity index (χ3v) is 4.91. The standard InChI is InChI=1S/C22H24ClN3O2/c1-17-20(21(23)26(24-17)16-19-11-7-4-8-12-19)22(27)25(13-14-28-2)15-18-9-5-3-6-10-18/h3-12H,13-16H2,1-2H3. The molecule has 3 rings (SSSR count). The molecule has 0 radical (unpaired) electrons. The van der Waals surface area contributed by atoms with Crippen LogP contribution in [0.15, 0.2) is 60.7 Å². The monoisotopic (exact) mass is 397 g/mol. The van der Waals surface area contributed by atoms with Crippen molar-refractivity contribution in [1.82, 2.24) is 14.7 Å². The molecule has 0 saturated carbocycles. The van der Waals surface area contributed by atoms with Crippen LogP contribution >= 0.6 is 11.6 Å². The van der Waals surface area contributed by atoms with Crippen molar-refractivity contribution in [3.63, 3.8) is 0 Å². The second-order valence-corrected chi connectivity index (χ2v) is 6.96. The first-order valence-electron chi connectivity index (χ1n) is 9.19. The molecule has 1 heterocycles. The highest BCUT2D eigenvalue weighted by Crippen LogP contribution is 2.23. The van der Waals surface area contributed by atoms with Crippen molar-refractivity contribution in [3.05, 3.63) is 88.2 Å². The number of benzene rings is 2. The molecule has 2 aromatic carbocycles. The predicted octanol–water partition coefficient (Wildman–Crippen LogP) is 4.18. The number of hydrogen-bond donors (Lipinski definition) is 0. The number of ether oxygens (including phenoxy) is 1. The Labute approximate surface area is 170 Å². The Morgan fingerprint density at radius 1 is 1.07 bits per heavy atom. The van der Waals surface area contributed by atoms with Gasteiger partial charge in [-0.15, -0.1) is 0 Å². The van der Waals surface area contributed by atoms with E-state index in [0.717, 1.165) is 11.1 Å². The van der Waals surface area contributed by atoms with Gasteiger partial charge in [0.25, 0.3) is 5.91 Å². The van der Waals surface area contributed by atoms with Gasteiger partial charge in [-0.05, 0) is 18.1 Å². The molecule has 1 aromatic heterocycles. The molecule has 0 saturated heterocycles. The van der Waals surface area contributed by atoms with Crippen LogP contribution in [-0.4, -0.2) is 40.8 Å². The van der Waals surface area contributed by atoms with E-state index in [9.17, 15) is 4.79 Å². The Morgan fingerprint density at radius 2 is 1.68 bits per heavy atom. The fraction of sp³-hybridized carbons (Fsp3) is 0.273. The number of aromatic nitrogens is 2. The van der Waals surface area contributed by atoms with E-state index >= 15 is 0 Å². The first-order chi connectivity index (χ1) is 13.6. The van der Waals surface area contributed by atoms with Crippen molar-refractivity contribution in [2.24, 2.45) is 0 Å². The van der Waals surface area contributed by atoms with Crippen molar-refractivity contribution in [1.29, 1.82) is 0 Å². The van der Waals surface area contributed by atoms with Crippen LogP contribution in [0.3, 0.4) is 0 Å². The van der Waals surface area contributed by atoms with Crippen LogP contribution in [-0.2, 0) is 17.8 Å². The van der Waals surface area contributed by atoms with Crippen molar-refractivity contribution in [3.8, 4) is 0 Å². The van der Waals surface area contributed by atoms with Gasteiger partial charge in [0.2, 0.25) is 0 Å². The lowest BCUT2D eigenvalue weighted by Gasteiger charge is -2.22. The highest BCUT2D eigenvalue weighted by atomic mass is 35.5. The van der Waals surface area contributed by atoms with Crippen LogP contribution in [0.2, 0.25) is 5.15 Å². The number of nitrogens with zero attached hydrogens (tertiary/aromatic N) is 3. The van der Waals surface area contributed by atoms with E-state index in [1.54, 1.807) is 16.7 Å². The lowest BCUT2D eigenvalue weighted by molar-refractivity contribution is 0.0680. The molecule has 3 aromatic rings. The van der Waals surface area contributed by atoms with Crippen LogP contribution in [0, 0.1) is 6.92 Å². The second-order valence-electron chi connectivity index (χ2n) is 6.60. The van der Waals surface area contributed by atoms with Gasteiger partial charge in [-0.25, -0.2) is 4.68 Å². The zero-order valence-electron chi connectivity index (χ0n) is 16.1. The summed E-state index contributed by atoms with van der Waals surface area (Å²) in [6.07, 6.45) is 0. The molecule has 0 unspecified atom stereocenters. The van der Waals surface area contributed by atoms with Gasteiger partial charge in [-0.3, -0.25) is 4.79 Å². The first kappa shape index (κ1) is 20.1. The van der Waals surface area contributed by atoms with Crippen LogP contribution in [0.4, 0.5) is 0 Å². The largest absolute Gasteiger partial charge is 0.383 e. The Morgan fingerprint density at radius 3 is 2.29 bits per heavy atom. The maximum atomic E-state index is 13.3. The van der Waals surface area contributed by atoms with Crippen molar-refractivity contribution < 1.29 is 9.53 Å². The number of aryl methyl sites for hydroxylation is 1. The third-order valence-electron chi connectivity index (χ3n) is 4.52. The van der Waals surface area contributed by atoms with Gasteiger partial charge >= 0.3 is 0 Å². The fourth-order valence-electron chi connectivity index (χ4n) is 3.07. The maximum absolute atomic E-state index is 13.3. The molecule has 5 nitrogen and oxygen atoms in total. The van der Waals surface area contributed by atoms with E-state index in [1.807, 2.05) is 67.6 Å². The average molecular weight is 398 g/mol. The summed E-state index contributed by atoms with van der Waals surface area (Å²) in [4.78, 5) is 15.0. The summed E-state index contributed by atoms with van der Waals surface area (Å²) < 4.78 is 6.87. The van der Waals surface area contributed by atoms with Gasteiger partial charge in [-0.1, -0.05) is 72.3 Å². The van der Waals surface area contributed by atoms with Gasteiger partial charge in [0.15, 0.2) is 0 Å². The van der Waals surface area contributed by atoms with Crippen LogP contribution < -0.4 is 0 Å². The average Bonchev–Trinajstić information content (AvgIpc) is 2.99. The van der Waals surface area contributed by atoms with Gasteiger partial charge in [0.05, 0.1) is 24.4 Å². The van der Waals surface area contributed by atoms with Gasteiger partial charge < -0.3 is 9.64 Å². The van der Waals surface area contributed by atoms with Gasteiger partial charge in [0.1, 0.15) is 5.15 Å². The first-order valence-corrected chi connectivity index (χ1v) is 9.57. The highest BCUT2D eigenvalue weighted by Gasteiger charge is 2.25. The molecule has 1 amide bonds. The summed E-state index contributed by atoms with van der Waals surface area (Å²) in [6.45, 7) is 3.75. The molecule has 0 aliphatic carbocycles. The maximum Gasteiger partial charge on any atom is 0.259 e. The van der Waals surface area contributed by atoms with E-state index < -0.39 is 0 Å². The summed E-state index contributed by atoms with van der Waals surface area (Å²) in [5.41, 5.74) is 3.20. The normalized spacial score (nSPS) is 10.8. The van der Waals surface area contributed by atoms with E-state index in [4.69, 9.17) is 16.3 Å². The minimum atomic E-state index is -0.136. The summed E-state index contributed by atoms with van der Waals surface area (Å²) >= 11 is 6.58. The number of rotatable bonds is 8. The Hall–Kier alpha value is -2.63. The zero-order valence-corrected chi connectivity index (χ0v) is 16.9. The van der Waals surface area contributed by atoms with Crippen LogP contribution in [0.1, 0.15) is 27.2 Å². The zero-order chi connectivity index (χ0) is 19.9. The van der Waals surface area contributed by atoms with Gasteiger partial charge in [-0.2, -0.15) is 5.10 Å². The lowest BCUT2D eigenvalue weighted by Crippen LogP contribution is -2.33. The molecule has 0 atom stereocenters. The lowest BCUT2D eigenvalue weighted by atomic mass is 10.1. The number of carbonyl (C=O) groups is 1. The Bertz CT molecular complexity index is 910. The van der Waals surface area contributed by atoms with Crippen molar-refractivity contribution in [2.45, 2.75) is 20.0 Å². The molecule has 0 bridgehead atoms. The van der Waals surface area contributed by atoms with E-state index in [1.165, 1.54) is 0 Å². The number of carbonyl (C=O) groups excluding carboxylic acids is 1. The smallest absolute Gasteiger partial charge is 0.259 e. The second kappa shape index (κ2) is 9.53. The molecule has 0 aliphatic heterocycles. The van der Waals surface area contributed by atoms with Crippen LogP contribution in [0.5, 0.6) is 0 Å². The minimum Gasteiger partial charge on any atom is -0.383 e. The van der Waals surface area contributed by atoms with E-state index in [-0.39, 0.29) is 5.91 Å². The topological polar surface area (TPSA) is 47.4 Å². The molecule has 146 valence electrons.